The van der Waals surface area contributed by atoms with Gasteiger partial charge in [0.2, 0.25) is 0 Å². The number of amides is 1. The number of benzene rings is 1. The van der Waals surface area contributed by atoms with Gasteiger partial charge in [0.05, 0.1) is 6.10 Å². The number of sulfone groups is 1. The van der Waals surface area contributed by atoms with E-state index in [1.165, 1.54) is 6.07 Å². The Balaban J connectivity index is 1.66. The summed E-state index contributed by atoms with van der Waals surface area (Å²) >= 11 is 0. The van der Waals surface area contributed by atoms with Gasteiger partial charge in [-0.2, -0.15) is 0 Å². The maximum absolute atomic E-state index is 13.3. The smallest absolute Gasteiger partial charge is 0.258 e. The van der Waals surface area contributed by atoms with E-state index >= 15 is 0 Å². The number of hydrogen-bond acceptors (Lipinski definition) is 6. The van der Waals surface area contributed by atoms with Crippen LogP contribution in [0.3, 0.4) is 0 Å². The van der Waals surface area contributed by atoms with E-state index in [0.29, 0.717) is 32.1 Å². The minimum Gasteiger partial charge on any atom is -0.482 e. The van der Waals surface area contributed by atoms with E-state index in [1.807, 2.05) is 0 Å². The summed E-state index contributed by atoms with van der Waals surface area (Å²) in [4.78, 5) is 12.0. The SMILES string of the molecule is CS(=O)(=O)c1cc(F)ccc1OCC(=O)NC12CCC(N)(CC1)C(O)C2. The number of rotatable bonds is 5. The van der Waals surface area contributed by atoms with E-state index in [1.54, 1.807) is 0 Å². The van der Waals surface area contributed by atoms with Gasteiger partial charge in [-0.25, -0.2) is 12.8 Å². The van der Waals surface area contributed by atoms with E-state index in [-0.39, 0.29) is 10.6 Å². The molecule has 4 N–H and O–H groups in total. The predicted octanol–water partition coefficient (Wildman–Crippen LogP) is 0.499. The molecule has 1 amide bonds. The highest BCUT2D eigenvalue weighted by molar-refractivity contribution is 7.90. The molecule has 2 bridgehead atoms. The number of aliphatic hydroxyl groups is 1. The summed E-state index contributed by atoms with van der Waals surface area (Å²) in [5, 5.41) is 13.1. The fraction of sp³-hybridized carbons (Fsp3) is 0.588. The summed E-state index contributed by atoms with van der Waals surface area (Å²) in [5.41, 5.74) is 5.08. The molecular formula is C17H23FN2O5S. The van der Waals surface area contributed by atoms with Gasteiger partial charge in [0, 0.05) is 17.3 Å². The average Bonchev–Trinajstić information content (AvgIpc) is 2.55. The lowest BCUT2D eigenvalue weighted by molar-refractivity contribution is -0.128. The molecule has 144 valence electrons. The highest BCUT2D eigenvalue weighted by Gasteiger charge is 2.52. The Kier molecular flexibility index (Phi) is 4.74. The van der Waals surface area contributed by atoms with Crippen LogP contribution in [0.4, 0.5) is 4.39 Å². The highest BCUT2D eigenvalue weighted by Crippen LogP contribution is 2.45. The highest BCUT2D eigenvalue weighted by atomic mass is 32.2. The van der Waals surface area contributed by atoms with Crippen LogP contribution >= 0.6 is 0 Å². The first-order chi connectivity index (χ1) is 12.0. The number of carbonyl (C=O) groups is 1. The zero-order valence-electron chi connectivity index (χ0n) is 14.5. The Labute approximate surface area is 151 Å². The number of carbonyl (C=O) groups excluding carboxylic acids is 1. The van der Waals surface area contributed by atoms with Gasteiger partial charge >= 0.3 is 0 Å². The first-order valence-electron chi connectivity index (χ1n) is 8.43. The number of nitrogens with one attached hydrogen (secondary N) is 1. The lowest BCUT2D eigenvalue weighted by atomic mass is 9.60. The molecule has 3 fully saturated rings. The van der Waals surface area contributed by atoms with Crippen molar-refractivity contribution in [1.82, 2.24) is 5.32 Å². The van der Waals surface area contributed by atoms with Crippen molar-refractivity contribution >= 4 is 15.7 Å². The second-order valence-electron chi connectivity index (χ2n) is 7.43. The van der Waals surface area contributed by atoms with Crippen molar-refractivity contribution < 1.29 is 27.4 Å². The molecule has 0 aromatic heterocycles. The molecule has 0 heterocycles. The van der Waals surface area contributed by atoms with Gasteiger partial charge in [0.15, 0.2) is 16.4 Å². The Morgan fingerprint density at radius 3 is 2.62 bits per heavy atom. The van der Waals surface area contributed by atoms with Crippen molar-refractivity contribution in [3.8, 4) is 5.75 Å². The van der Waals surface area contributed by atoms with Crippen LogP contribution in [0, 0.1) is 5.82 Å². The number of nitrogens with two attached hydrogens (primary N) is 1. The minimum atomic E-state index is -3.70. The lowest BCUT2D eigenvalue weighted by Crippen LogP contribution is -2.68. The van der Waals surface area contributed by atoms with Crippen LogP contribution < -0.4 is 15.8 Å². The minimum absolute atomic E-state index is 0.0742. The van der Waals surface area contributed by atoms with Crippen molar-refractivity contribution in [2.45, 2.75) is 54.2 Å². The Morgan fingerprint density at radius 2 is 2.04 bits per heavy atom. The summed E-state index contributed by atoms with van der Waals surface area (Å²) in [6, 6.07) is 3.12. The molecule has 7 nitrogen and oxygen atoms in total. The molecular weight excluding hydrogens is 363 g/mol. The van der Waals surface area contributed by atoms with Crippen molar-refractivity contribution in [3.05, 3.63) is 24.0 Å². The monoisotopic (exact) mass is 386 g/mol. The van der Waals surface area contributed by atoms with Gasteiger partial charge in [0.25, 0.3) is 5.91 Å². The molecule has 0 aliphatic heterocycles. The molecule has 1 aromatic rings. The van der Waals surface area contributed by atoms with Gasteiger partial charge in [-0.3, -0.25) is 4.79 Å². The predicted molar refractivity (Wildman–Crippen MR) is 91.9 cm³/mol. The molecule has 1 aromatic carbocycles. The van der Waals surface area contributed by atoms with Crippen LogP contribution in [0.15, 0.2) is 23.1 Å². The van der Waals surface area contributed by atoms with E-state index in [4.69, 9.17) is 10.5 Å². The van der Waals surface area contributed by atoms with Crippen LogP contribution in [0.2, 0.25) is 0 Å². The third-order valence-corrected chi connectivity index (χ3v) is 6.57. The van der Waals surface area contributed by atoms with E-state index in [2.05, 4.69) is 5.32 Å². The van der Waals surface area contributed by atoms with Crippen LogP contribution in [-0.4, -0.2) is 49.5 Å². The second-order valence-corrected chi connectivity index (χ2v) is 9.42. The number of aliphatic hydroxyl groups excluding tert-OH is 1. The van der Waals surface area contributed by atoms with Crippen molar-refractivity contribution in [1.29, 1.82) is 0 Å². The maximum Gasteiger partial charge on any atom is 0.258 e. The molecule has 0 radical (unpaired) electrons. The maximum atomic E-state index is 13.3. The second kappa shape index (κ2) is 6.47. The van der Waals surface area contributed by atoms with Gasteiger partial charge < -0.3 is 20.9 Å². The largest absolute Gasteiger partial charge is 0.482 e. The third kappa shape index (κ3) is 3.70. The number of fused-ring (bicyclic) bond motifs is 3. The third-order valence-electron chi connectivity index (χ3n) is 5.45. The standard InChI is InChI=1S/C17H23FN2O5S/c1-26(23,24)13-8-11(18)2-3-12(13)25-10-15(22)20-16-4-6-17(19,7-5-16)14(21)9-16/h2-3,8,14,21H,4-7,9-10,19H2,1H3,(H,20,22). The molecule has 1 atom stereocenters. The van der Waals surface area contributed by atoms with Crippen molar-refractivity contribution in [2.75, 3.05) is 12.9 Å². The Bertz CT molecular complexity index is 818. The van der Waals surface area contributed by atoms with E-state index in [0.717, 1.165) is 18.4 Å². The summed E-state index contributed by atoms with van der Waals surface area (Å²) in [6.45, 7) is -0.403. The molecule has 26 heavy (non-hydrogen) atoms. The first kappa shape index (κ1) is 19.1. The Hall–Kier alpha value is -1.71. The summed E-state index contributed by atoms with van der Waals surface area (Å²) in [7, 11) is -3.70. The normalized spacial score (nSPS) is 30.8. The molecule has 3 saturated carbocycles. The molecule has 4 rings (SSSR count). The van der Waals surface area contributed by atoms with Crippen LogP contribution in [0.5, 0.6) is 5.75 Å². The van der Waals surface area contributed by atoms with Crippen LogP contribution in [0.1, 0.15) is 32.1 Å². The first-order valence-corrected chi connectivity index (χ1v) is 10.3. The Morgan fingerprint density at radius 1 is 1.38 bits per heavy atom. The summed E-state index contributed by atoms with van der Waals surface area (Å²) in [5.74, 6) is -1.20. The quantitative estimate of drug-likeness (QED) is 0.678. The van der Waals surface area contributed by atoms with Crippen molar-refractivity contribution in [2.24, 2.45) is 5.73 Å². The zero-order chi connectivity index (χ0) is 19.2. The average molecular weight is 386 g/mol. The molecule has 1 unspecified atom stereocenters. The summed E-state index contributed by atoms with van der Waals surface area (Å²) < 4.78 is 42.1. The molecule has 9 heteroatoms. The number of ether oxygens (including phenoxy) is 1. The van der Waals surface area contributed by atoms with Gasteiger partial charge in [-0.15, -0.1) is 0 Å². The number of hydrogen-bond donors (Lipinski definition) is 3. The van der Waals surface area contributed by atoms with E-state index in [9.17, 15) is 22.7 Å². The number of halogens is 1. The van der Waals surface area contributed by atoms with Gasteiger partial charge in [-0.05, 0) is 50.3 Å². The fourth-order valence-electron chi connectivity index (χ4n) is 3.85. The molecule has 3 aliphatic rings. The molecule has 3 aliphatic carbocycles. The van der Waals surface area contributed by atoms with E-state index < -0.39 is 45.4 Å². The van der Waals surface area contributed by atoms with Gasteiger partial charge in [0.1, 0.15) is 16.5 Å². The zero-order valence-corrected chi connectivity index (χ0v) is 15.3. The van der Waals surface area contributed by atoms with Crippen LogP contribution in [-0.2, 0) is 14.6 Å². The lowest BCUT2D eigenvalue weighted by Gasteiger charge is -2.54. The van der Waals surface area contributed by atoms with Crippen LogP contribution in [0.25, 0.3) is 0 Å². The summed E-state index contributed by atoms with van der Waals surface area (Å²) in [6.07, 6.45) is 3.28. The topological polar surface area (TPSA) is 119 Å². The molecule has 0 saturated heterocycles. The fourth-order valence-corrected chi connectivity index (χ4v) is 4.67. The van der Waals surface area contributed by atoms with Crippen molar-refractivity contribution in [3.63, 3.8) is 0 Å². The van der Waals surface area contributed by atoms with Gasteiger partial charge in [-0.1, -0.05) is 0 Å². The molecule has 0 spiro atoms.